The van der Waals surface area contributed by atoms with Gasteiger partial charge in [0.25, 0.3) is 5.56 Å². The van der Waals surface area contributed by atoms with E-state index in [1.54, 1.807) is 7.05 Å². The van der Waals surface area contributed by atoms with Gasteiger partial charge in [0.2, 0.25) is 0 Å². The second kappa shape index (κ2) is 6.09. The molecule has 1 N–H and O–H groups in total. The van der Waals surface area contributed by atoms with Gasteiger partial charge < -0.3 is 5.32 Å². The first-order chi connectivity index (χ1) is 12.4. The van der Waals surface area contributed by atoms with Gasteiger partial charge in [0.15, 0.2) is 5.78 Å². The van der Waals surface area contributed by atoms with E-state index in [9.17, 15) is 14.4 Å². The molecule has 2 aromatic rings. The Morgan fingerprint density at radius 1 is 1.04 bits per heavy atom. The third kappa shape index (κ3) is 2.41. The van der Waals surface area contributed by atoms with E-state index in [4.69, 9.17) is 0 Å². The number of fused-ring (bicyclic) bond motifs is 1. The molecule has 1 aliphatic heterocycles. The van der Waals surface area contributed by atoms with Crippen molar-refractivity contribution in [3.63, 3.8) is 0 Å². The van der Waals surface area contributed by atoms with Crippen molar-refractivity contribution in [3.05, 3.63) is 72.0 Å². The van der Waals surface area contributed by atoms with Crippen molar-refractivity contribution >= 4 is 27.5 Å². The number of benzene rings is 1. The van der Waals surface area contributed by atoms with Crippen LogP contribution < -0.4 is 16.6 Å². The zero-order valence-corrected chi connectivity index (χ0v) is 16.1. The Kier molecular flexibility index (Phi) is 3.99. The highest BCUT2D eigenvalue weighted by Crippen LogP contribution is 2.43. The second-order valence-corrected chi connectivity index (χ2v) is 7.66. The molecule has 0 radical (unpaired) electrons. The van der Waals surface area contributed by atoms with Crippen molar-refractivity contribution in [2.24, 2.45) is 14.1 Å². The third-order valence-corrected chi connectivity index (χ3v) is 5.73. The van der Waals surface area contributed by atoms with Crippen LogP contribution >= 0.6 is 15.9 Å². The van der Waals surface area contributed by atoms with Crippen LogP contribution in [0.15, 0.2) is 49.6 Å². The van der Waals surface area contributed by atoms with E-state index in [-0.39, 0.29) is 17.0 Å². The zero-order chi connectivity index (χ0) is 18.6. The fraction of sp³-hybridized carbons (Fsp3) is 0.316. The summed E-state index contributed by atoms with van der Waals surface area (Å²) in [5, 5.41) is 3.22. The summed E-state index contributed by atoms with van der Waals surface area (Å²) in [6.45, 7) is 0. The molecule has 0 amide bonds. The van der Waals surface area contributed by atoms with Crippen molar-refractivity contribution in [2.75, 3.05) is 5.32 Å². The first-order valence-electron chi connectivity index (χ1n) is 8.48. The Balaban J connectivity index is 2.08. The van der Waals surface area contributed by atoms with E-state index in [1.165, 1.54) is 11.6 Å². The van der Waals surface area contributed by atoms with Gasteiger partial charge in [-0.2, -0.15) is 0 Å². The lowest BCUT2D eigenvalue weighted by molar-refractivity contribution is -0.116. The number of nitrogens with one attached hydrogen (secondary N) is 1. The Bertz CT molecular complexity index is 1080. The number of Topliss-reactive ketones (excluding diaryl/α,β-unsaturated/α-hetero) is 1. The maximum atomic E-state index is 13.0. The van der Waals surface area contributed by atoms with Crippen molar-refractivity contribution in [3.8, 4) is 0 Å². The molecule has 0 saturated carbocycles. The number of allylic oxidation sites excluding steroid dienone is 2. The third-order valence-electron chi connectivity index (χ3n) is 5.21. The van der Waals surface area contributed by atoms with Crippen molar-refractivity contribution < 1.29 is 4.79 Å². The molecule has 1 aliphatic carbocycles. The van der Waals surface area contributed by atoms with Gasteiger partial charge in [-0.15, -0.1) is 0 Å². The van der Waals surface area contributed by atoms with Crippen LogP contribution in [0.5, 0.6) is 0 Å². The van der Waals surface area contributed by atoms with E-state index >= 15 is 0 Å². The fourth-order valence-electron chi connectivity index (χ4n) is 3.89. The normalized spacial score (nSPS) is 19.0. The SMILES string of the molecule is Cn1c2c(c(=O)n(C)c1=O)C(c1ccc(Br)cc1)C1=C(CCCC1=O)N2. The van der Waals surface area contributed by atoms with Crippen LogP contribution in [0, 0.1) is 0 Å². The molecule has 2 aliphatic rings. The number of carbonyl (C=O) groups excluding carboxylic acids is 1. The van der Waals surface area contributed by atoms with Gasteiger partial charge in [-0.25, -0.2) is 4.79 Å². The maximum absolute atomic E-state index is 13.0. The summed E-state index contributed by atoms with van der Waals surface area (Å²) in [6, 6.07) is 7.63. The maximum Gasteiger partial charge on any atom is 0.332 e. The van der Waals surface area contributed by atoms with Gasteiger partial charge in [-0.3, -0.25) is 18.7 Å². The highest BCUT2D eigenvalue weighted by molar-refractivity contribution is 9.10. The number of anilines is 1. The van der Waals surface area contributed by atoms with Gasteiger partial charge in [0.05, 0.1) is 5.56 Å². The first kappa shape index (κ1) is 17.0. The number of carbonyl (C=O) groups is 1. The van der Waals surface area contributed by atoms with Gasteiger partial charge in [0, 0.05) is 42.2 Å². The van der Waals surface area contributed by atoms with Gasteiger partial charge in [-0.1, -0.05) is 28.1 Å². The largest absolute Gasteiger partial charge is 0.344 e. The molecule has 2 heterocycles. The highest BCUT2D eigenvalue weighted by Gasteiger charge is 2.38. The standard InChI is InChI=1S/C19H18BrN3O3/c1-22-17-16(18(25)23(2)19(22)26)14(10-6-8-11(20)9-7-10)15-12(21-17)4-3-5-13(15)24/h6-9,14,21H,3-5H2,1-2H3. The summed E-state index contributed by atoms with van der Waals surface area (Å²) < 4.78 is 3.48. The quantitative estimate of drug-likeness (QED) is 0.775. The van der Waals surface area contributed by atoms with Crippen LogP contribution in [0.1, 0.15) is 36.3 Å². The van der Waals surface area contributed by atoms with E-state index in [0.717, 1.165) is 33.1 Å². The Labute approximate surface area is 158 Å². The lowest BCUT2D eigenvalue weighted by Crippen LogP contribution is -2.44. The van der Waals surface area contributed by atoms with E-state index in [1.807, 2.05) is 24.3 Å². The number of nitrogens with zero attached hydrogens (tertiary/aromatic N) is 2. The molecule has 7 heteroatoms. The molecule has 26 heavy (non-hydrogen) atoms. The van der Waals surface area contributed by atoms with Crippen molar-refractivity contribution in [1.29, 1.82) is 0 Å². The number of ketones is 1. The van der Waals surface area contributed by atoms with Gasteiger partial charge in [-0.05, 0) is 30.5 Å². The van der Waals surface area contributed by atoms with Crippen LogP contribution in [0.25, 0.3) is 0 Å². The Hall–Kier alpha value is -2.41. The molecule has 1 unspecified atom stereocenters. The average Bonchev–Trinajstić information content (AvgIpc) is 2.64. The van der Waals surface area contributed by atoms with E-state index in [0.29, 0.717) is 23.4 Å². The molecule has 0 fully saturated rings. The topological polar surface area (TPSA) is 73.1 Å². The molecule has 134 valence electrons. The molecule has 1 aromatic carbocycles. The predicted molar refractivity (Wildman–Crippen MR) is 102 cm³/mol. The monoisotopic (exact) mass is 415 g/mol. The number of rotatable bonds is 1. The summed E-state index contributed by atoms with van der Waals surface area (Å²) in [5.41, 5.74) is 2.04. The summed E-state index contributed by atoms with van der Waals surface area (Å²) in [5.74, 6) is 0.0837. The summed E-state index contributed by atoms with van der Waals surface area (Å²) in [4.78, 5) is 38.1. The minimum atomic E-state index is -0.465. The Morgan fingerprint density at radius 3 is 2.42 bits per heavy atom. The first-order valence-corrected chi connectivity index (χ1v) is 9.28. The van der Waals surface area contributed by atoms with Crippen molar-refractivity contribution in [1.82, 2.24) is 9.13 Å². The van der Waals surface area contributed by atoms with Crippen LogP contribution in [0.2, 0.25) is 0 Å². The minimum Gasteiger partial charge on any atom is -0.344 e. The lowest BCUT2D eigenvalue weighted by atomic mass is 9.76. The number of halogens is 1. The van der Waals surface area contributed by atoms with E-state index < -0.39 is 5.92 Å². The Morgan fingerprint density at radius 2 is 1.73 bits per heavy atom. The van der Waals surface area contributed by atoms with E-state index in [2.05, 4.69) is 21.2 Å². The molecular weight excluding hydrogens is 398 g/mol. The number of hydrogen-bond donors (Lipinski definition) is 1. The van der Waals surface area contributed by atoms with Crippen LogP contribution in [0.3, 0.4) is 0 Å². The zero-order valence-electron chi connectivity index (χ0n) is 14.5. The lowest BCUT2D eigenvalue weighted by Gasteiger charge is -2.34. The second-order valence-electron chi connectivity index (χ2n) is 6.75. The smallest absolute Gasteiger partial charge is 0.332 e. The molecular formula is C19H18BrN3O3. The van der Waals surface area contributed by atoms with Gasteiger partial charge in [0.1, 0.15) is 5.82 Å². The molecule has 6 nitrogen and oxygen atoms in total. The van der Waals surface area contributed by atoms with Gasteiger partial charge >= 0.3 is 5.69 Å². The molecule has 4 rings (SSSR count). The molecule has 1 aromatic heterocycles. The summed E-state index contributed by atoms with van der Waals surface area (Å²) >= 11 is 3.43. The molecule has 0 saturated heterocycles. The van der Waals surface area contributed by atoms with Crippen LogP contribution in [-0.4, -0.2) is 14.9 Å². The highest BCUT2D eigenvalue weighted by atomic mass is 79.9. The van der Waals surface area contributed by atoms with Crippen molar-refractivity contribution in [2.45, 2.75) is 25.2 Å². The van der Waals surface area contributed by atoms with Crippen LogP contribution in [-0.2, 0) is 18.9 Å². The summed E-state index contributed by atoms with van der Waals surface area (Å²) in [7, 11) is 3.11. The minimum absolute atomic E-state index is 0.0632. The number of hydrogen-bond acceptors (Lipinski definition) is 4. The fourth-order valence-corrected chi connectivity index (χ4v) is 4.15. The molecule has 0 bridgehead atoms. The predicted octanol–water partition coefficient (Wildman–Crippen LogP) is 2.41. The van der Waals surface area contributed by atoms with Crippen LogP contribution in [0.4, 0.5) is 5.82 Å². The number of aromatic nitrogens is 2. The summed E-state index contributed by atoms with van der Waals surface area (Å²) in [6.07, 6.45) is 1.98. The molecule has 1 atom stereocenters. The average molecular weight is 416 g/mol. The molecule has 0 spiro atoms.